The van der Waals surface area contributed by atoms with Gasteiger partial charge in [0.15, 0.2) is 5.82 Å². The van der Waals surface area contributed by atoms with E-state index in [0.717, 1.165) is 19.4 Å². The second kappa shape index (κ2) is 8.50. The van der Waals surface area contributed by atoms with Gasteiger partial charge in [-0.1, -0.05) is 13.8 Å². The highest BCUT2D eigenvalue weighted by molar-refractivity contribution is 5.67. The number of aromatic nitrogens is 3. The van der Waals surface area contributed by atoms with Gasteiger partial charge in [0.1, 0.15) is 0 Å². The molecule has 1 aromatic rings. The summed E-state index contributed by atoms with van der Waals surface area (Å²) in [6.45, 7) is 8.67. The number of nitrogens with zero attached hydrogens (tertiary/aromatic N) is 4. The number of amides is 1. The summed E-state index contributed by atoms with van der Waals surface area (Å²) in [5, 5.41) is 14.5. The number of piperidine rings is 1. The molecule has 1 saturated heterocycles. The van der Waals surface area contributed by atoms with Crippen LogP contribution in [0.25, 0.3) is 0 Å². The lowest BCUT2D eigenvalue weighted by molar-refractivity contribution is 0.0983. The van der Waals surface area contributed by atoms with Crippen LogP contribution in [-0.4, -0.2) is 58.5 Å². The average molecular weight is 322 g/mol. The van der Waals surface area contributed by atoms with Gasteiger partial charge in [-0.2, -0.15) is 10.1 Å². The Labute approximate surface area is 137 Å². The summed E-state index contributed by atoms with van der Waals surface area (Å²) in [6.07, 6.45) is 3.11. The predicted molar refractivity (Wildman–Crippen MR) is 88.4 cm³/mol. The fourth-order valence-electron chi connectivity index (χ4n) is 2.37. The number of rotatable bonds is 6. The van der Waals surface area contributed by atoms with E-state index in [0.29, 0.717) is 37.4 Å². The van der Waals surface area contributed by atoms with E-state index in [4.69, 9.17) is 4.74 Å². The molecule has 1 aliphatic rings. The minimum Gasteiger partial charge on any atom is -0.450 e. The molecular weight excluding hydrogens is 296 g/mol. The maximum Gasteiger partial charge on any atom is 0.409 e. The van der Waals surface area contributed by atoms with Crippen LogP contribution in [0.5, 0.6) is 0 Å². The minimum atomic E-state index is -0.227. The van der Waals surface area contributed by atoms with Crippen molar-refractivity contribution in [3.63, 3.8) is 0 Å². The van der Waals surface area contributed by atoms with E-state index in [9.17, 15) is 4.79 Å². The molecule has 0 spiro atoms. The fourth-order valence-corrected chi connectivity index (χ4v) is 2.37. The van der Waals surface area contributed by atoms with E-state index in [1.807, 2.05) is 6.92 Å². The molecular formula is C15H26N6O2. The minimum absolute atomic E-state index is 0.227. The second-order valence-electron chi connectivity index (χ2n) is 6.04. The molecule has 0 aromatic carbocycles. The summed E-state index contributed by atoms with van der Waals surface area (Å²) in [4.78, 5) is 17.8. The molecule has 0 radical (unpaired) electrons. The molecule has 2 rings (SSSR count). The maximum absolute atomic E-state index is 11.7. The highest BCUT2D eigenvalue weighted by Crippen LogP contribution is 2.16. The normalized spacial score (nSPS) is 15.6. The first-order valence-electron chi connectivity index (χ1n) is 8.20. The monoisotopic (exact) mass is 322 g/mol. The Bertz CT molecular complexity index is 502. The van der Waals surface area contributed by atoms with Crippen LogP contribution < -0.4 is 10.6 Å². The molecule has 1 fully saturated rings. The topological polar surface area (TPSA) is 92.3 Å². The Morgan fingerprint density at radius 2 is 2.17 bits per heavy atom. The summed E-state index contributed by atoms with van der Waals surface area (Å²) >= 11 is 0. The van der Waals surface area contributed by atoms with Gasteiger partial charge in [0.25, 0.3) is 0 Å². The van der Waals surface area contributed by atoms with Crippen LogP contribution in [0.3, 0.4) is 0 Å². The summed E-state index contributed by atoms with van der Waals surface area (Å²) in [5.74, 6) is 1.76. The smallest absolute Gasteiger partial charge is 0.409 e. The van der Waals surface area contributed by atoms with E-state index in [1.54, 1.807) is 11.1 Å². The molecule has 1 aromatic heterocycles. The lowest BCUT2D eigenvalue weighted by Gasteiger charge is -2.31. The second-order valence-corrected chi connectivity index (χ2v) is 6.04. The summed E-state index contributed by atoms with van der Waals surface area (Å²) in [6, 6.07) is 0.273. The zero-order chi connectivity index (χ0) is 16.7. The summed E-state index contributed by atoms with van der Waals surface area (Å²) < 4.78 is 5.02. The van der Waals surface area contributed by atoms with Gasteiger partial charge in [0.2, 0.25) is 5.95 Å². The number of carbonyl (C=O) groups is 1. The van der Waals surface area contributed by atoms with Crippen molar-refractivity contribution in [1.29, 1.82) is 0 Å². The molecule has 1 amide bonds. The van der Waals surface area contributed by atoms with Crippen LogP contribution in [0.1, 0.15) is 33.6 Å². The van der Waals surface area contributed by atoms with Gasteiger partial charge in [0, 0.05) is 25.7 Å². The van der Waals surface area contributed by atoms with Crippen LogP contribution in [-0.2, 0) is 4.74 Å². The maximum atomic E-state index is 11.7. The van der Waals surface area contributed by atoms with E-state index < -0.39 is 0 Å². The van der Waals surface area contributed by atoms with Crippen molar-refractivity contribution in [1.82, 2.24) is 20.1 Å². The lowest BCUT2D eigenvalue weighted by atomic mass is 10.1. The Balaban J connectivity index is 1.82. The van der Waals surface area contributed by atoms with Crippen LogP contribution in [0, 0.1) is 5.92 Å². The van der Waals surface area contributed by atoms with E-state index in [1.165, 1.54) is 0 Å². The quantitative estimate of drug-likeness (QED) is 0.827. The van der Waals surface area contributed by atoms with Crippen LogP contribution in [0.4, 0.5) is 16.6 Å². The largest absolute Gasteiger partial charge is 0.450 e. The molecule has 8 heteroatoms. The van der Waals surface area contributed by atoms with Crippen molar-refractivity contribution < 1.29 is 9.53 Å². The zero-order valence-corrected chi connectivity index (χ0v) is 14.1. The molecule has 0 bridgehead atoms. The lowest BCUT2D eigenvalue weighted by Crippen LogP contribution is -2.42. The van der Waals surface area contributed by atoms with Gasteiger partial charge in [-0.05, 0) is 25.7 Å². The van der Waals surface area contributed by atoms with E-state index >= 15 is 0 Å². The highest BCUT2D eigenvalue weighted by atomic mass is 16.6. The summed E-state index contributed by atoms with van der Waals surface area (Å²) in [5.41, 5.74) is 0. The number of nitrogens with one attached hydrogen (secondary N) is 2. The molecule has 128 valence electrons. The molecule has 0 atom stereocenters. The van der Waals surface area contributed by atoms with Gasteiger partial charge in [0.05, 0.1) is 12.8 Å². The van der Waals surface area contributed by atoms with Crippen molar-refractivity contribution in [3.05, 3.63) is 6.20 Å². The molecule has 8 nitrogen and oxygen atoms in total. The Hall–Kier alpha value is -2.12. The first kappa shape index (κ1) is 17.2. The first-order chi connectivity index (χ1) is 11.1. The molecule has 0 saturated carbocycles. The average Bonchev–Trinajstić information content (AvgIpc) is 2.54. The molecule has 23 heavy (non-hydrogen) atoms. The number of anilines is 2. The highest BCUT2D eigenvalue weighted by Gasteiger charge is 2.23. The van der Waals surface area contributed by atoms with Gasteiger partial charge in [-0.3, -0.25) is 0 Å². The van der Waals surface area contributed by atoms with Gasteiger partial charge < -0.3 is 20.3 Å². The molecule has 0 unspecified atom stereocenters. The SMILES string of the molecule is CCOC(=O)N1CCC(Nc2cnnc(NCC(C)C)n2)CC1. The van der Waals surface area contributed by atoms with Crippen molar-refractivity contribution in [2.75, 3.05) is 36.9 Å². The number of hydrogen-bond donors (Lipinski definition) is 2. The Morgan fingerprint density at radius 1 is 1.43 bits per heavy atom. The summed E-state index contributed by atoms with van der Waals surface area (Å²) in [7, 11) is 0. The van der Waals surface area contributed by atoms with Crippen molar-refractivity contribution in [3.8, 4) is 0 Å². The number of carbonyl (C=O) groups excluding carboxylic acids is 1. The van der Waals surface area contributed by atoms with Crippen molar-refractivity contribution in [2.24, 2.45) is 5.92 Å². The van der Waals surface area contributed by atoms with Crippen LogP contribution in [0.15, 0.2) is 6.20 Å². The van der Waals surface area contributed by atoms with Crippen molar-refractivity contribution in [2.45, 2.75) is 39.7 Å². The third-order valence-electron chi connectivity index (χ3n) is 3.60. The fraction of sp³-hybridized carbons (Fsp3) is 0.733. The molecule has 2 N–H and O–H groups in total. The van der Waals surface area contributed by atoms with E-state index in [-0.39, 0.29) is 12.1 Å². The molecule has 0 aliphatic carbocycles. The van der Waals surface area contributed by atoms with Crippen LogP contribution in [0.2, 0.25) is 0 Å². The van der Waals surface area contributed by atoms with E-state index in [2.05, 4.69) is 39.7 Å². The number of likely N-dealkylation sites (tertiary alicyclic amines) is 1. The number of hydrogen-bond acceptors (Lipinski definition) is 7. The zero-order valence-electron chi connectivity index (χ0n) is 14.1. The van der Waals surface area contributed by atoms with Crippen molar-refractivity contribution >= 4 is 17.9 Å². The third kappa shape index (κ3) is 5.54. The van der Waals surface area contributed by atoms with Crippen LogP contribution >= 0.6 is 0 Å². The third-order valence-corrected chi connectivity index (χ3v) is 3.60. The standard InChI is InChI=1S/C15H26N6O2/c1-4-23-15(22)21-7-5-12(6-8-21)18-13-10-17-20-14(19-13)16-9-11(2)3/h10-12H,4-9H2,1-3H3,(H2,16,18,19,20). The van der Waals surface area contributed by atoms with Gasteiger partial charge >= 0.3 is 6.09 Å². The molecule has 2 heterocycles. The Morgan fingerprint density at radius 3 is 2.83 bits per heavy atom. The molecule has 1 aliphatic heterocycles. The van der Waals surface area contributed by atoms with Gasteiger partial charge in [-0.25, -0.2) is 4.79 Å². The van der Waals surface area contributed by atoms with Gasteiger partial charge in [-0.15, -0.1) is 5.10 Å². The Kier molecular flexibility index (Phi) is 6.37. The first-order valence-corrected chi connectivity index (χ1v) is 8.20. The number of ether oxygens (including phenoxy) is 1. The predicted octanol–water partition coefficient (Wildman–Crippen LogP) is 1.97.